The summed E-state index contributed by atoms with van der Waals surface area (Å²) in [5.74, 6) is 0. The van der Waals surface area contributed by atoms with Crippen LogP contribution >= 0.6 is 7.14 Å². The molecule has 9 rings (SSSR count). The van der Waals surface area contributed by atoms with Gasteiger partial charge in [0.25, 0.3) is 0 Å². The van der Waals surface area contributed by atoms with Crippen molar-refractivity contribution < 1.29 is 4.57 Å². The first-order valence-electron chi connectivity index (χ1n) is 14.8. The maximum atomic E-state index is 16.4. The molecule has 0 atom stereocenters. The summed E-state index contributed by atoms with van der Waals surface area (Å²) in [6.07, 6.45) is 0. The normalized spacial score (nSPS) is 12.2. The van der Waals surface area contributed by atoms with Crippen molar-refractivity contribution in [1.82, 2.24) is 9.97 Å². The van der Waals surface area contributed by atoms with E-state index in [-0.39, 0.29) is 0 Å². The summed E-state index contributed by atoms with van der Waals surface area (Å²) < 4.78 is 16.4. The van der Waals surface area contributed by atoms with Crippen LogP contribution < -0.4 is 15.9 Å². The number of fused-ring (bicyclic) bond motifs is 8. The maximum absolute atomic E-state index is 16.4. The molecule has 9 aromatic rings. The lowest BCUT2D eigenvalue weighted by molar-refractivity contribution is 0.593. The molecule has 0 aliphatic heterocycles. The summed E-state index contributed by atoms with van der Waals surface area (Å²) in [6, 6.07) is 51.5. The van der Waals surface area contributed by atoms with Crippen molar-refractivity contribution in [2.24, 2.45) is 0 Å². The molecule has 2 heterocycles. The second-order valence-corrected chi connectivity index (χ2v) is 14.0. The predicted octanol–water partition coefficient (Wildman–Crippen LogP) is 9.04. The van der Waals surface area contributed by atoms with E-state index in [2.05, 4.69) is 60.7 Å². The van der Waals surface area contributed by atoms with E-state index in [1.807, 2.05) is 91.0 Å². The van der Waals surface area contributed by atoms with Gasteiger partial charge in [0.15, 0.2) is 7.14 Å². The molecule has 0 bridgehead atoms. The van der Waals surface area contributed by atoms with Crippen molar-refractivity contribution in [3.05, 3.63) is 152 Å². The Hall–Kier alpha value is -5.37. The van der Waals surface area contributed by atoms with Gasteiger partial charge in [0, 0.05) is 48.2 Å². The molecule has 0 fully saturated rings. The summed E-state index contributed by atoms with van der Waals surface area (Å²) in [7, 11) is -3.45. The third-order valence-corrected chi connectivity index (χ3v) is 11.9. The fourth-order valence-corrected chi connectivity index (χ4v) is 9.88. The molecule has 0 radical (unpaired) electrons. The zero-order chi connectivity index (χ0) is 29.3. The largest absolute Gasteiger partial charge is 0.309 e. The summed E-state index contributed by atoms with van der Waals surface area (Å²) in [4.78, 5) is 10.2. The van der Waals surface area contributed by atoms with Crippen molar-refractivity contribution in [1.29, 1.82) is 0 Å². The summed E-state index contributed by atoms with van der Waals surface area (Å²) in [5.41, 5.74) is 3.73. The first kappa shape index (κ1) is 25.2. The highest BCUT2D eigenvalue weighted by molar-refractivity contribution is 7.86. The van der Waals surface area contributed by atoms with Crippen LogP contribution in [0.2, 0.25) is 0 Å². The topological polar surface area (TPSA) is 42.9 Å². The minimum Gasteiger partial charge on any atom is -0.309 e. The smallest absolute Gasteiger partial charge is 0.172 e. The van der Waals surface area contributed by atoms with E-state index >= 15 is 4.57 Å². The Morgan fingerprint density at radius 3 is 1.30 bits per heavy atom. The molecule has 0 saturated carbocycles. The molecule has 44 heavy (non-hydrogen) atoms. The summed E-state index contributed by atoms with van der Waals surface area (Å²) in [6.45, 7) is 0. The van der Waals surface area contributed by atoms with E-state index in [1.165, 1.54) is 0 Å². The average molecular weight is 581 g/mol. The lowest BCUT2D eigenvalue weighted by Crippen LogP contribution is -2.26. The lowest BCUT2D eigenvalue weighted by atomic mass is 10.0. The Bertz CT molecular complexity index is 2480. The Balaban J connectivity index is 1.47. The molecule has 7 aromatic carbocycles. The SMILES string of the molecule is O=P(c1ccccc1)(c1cc2cc3ccccc3nc2c2ccccc12)c1cc2cc3ccccc3nc2c2ccccc12. The molecule has 0 unspecified atom stereocenters. The Labute approximate surface area is 253 Å². The van der Waals surface area contributed by atoms with Crippen molar-refractivity contribution in [2.45, 2.75) is 0 Å². The predicted molar refractivity (Wildman–Crippen MR) is 186 cm³/mol. The lowest BCUT2D eigenvalue weighted by Gasteiger charge is -2.24. The molecule has 4 heteroatoms. The molecule has 3 nitrogen and oxygen atoms in total. The Morgan fingerprint density at radius 2 is 0.795 bits per heavy atom. The molecule has 0 saturated heterocycles. The van der Waals surface area contributed by atoms with Gasteiger partial charge in [-0.15, -0.1) is 0 Å². The average Bonchev–Trinajstić information content (AvgIpc) is 3.09. The van der Waals surface area contributed by atoms with Crippen LogP contribution in [0.1, 0.15) is 0 Å². The number of nitrogens with zero attached hydrogens (tertiary/aromatic N) is 2. The third kappa shape index (κ3) is 3.67. The molecule has 0 aliphatic rings. The summed E-state index contributed by atoms with van der Waals surface area (Å²) >= 11 is 0. The van der Waals surface area contributed by atoms with Gasteiger partial charge in [-0.3, -0.25) is 0 Å². The van der Waals surface area contributed by atoms with Crippen molar-refractivity contribution in [2.75, 3.05) is 0 Å². The van der Waals surface area contributed by atoms with Crippen molar-refractivity contribution in [3.63, 3.8) is 0 Å². The fraction of sp³-hybridized carbons (Fsp3) is 0. The number of aromatic nitrogens is 2. The van der Waals surface area contributed by atoms with Gasteiger partial charge >= 0.3 is 0 Å². The van der Waals surface area contributed by atoms with Crippen molar-refractivity contribution in [3.8, 4) is 0 Å². The van der Waals surface area contributed by atoms with Crippen LogP contribution in [-0.2, 0) is 4.57 Å². The van der Waals surface area contributed by atoms with Crippen LogP contribution in [0, 0.1) is 0 Å². The van der Waals surface area contributed by atoms with Gasteiger partial charge in [0.2, 0.25) is 0 Å². The molecule has 0 amide bonds. The van der Waals surface area contributed by atoms with Gasteiger partial charge in [0.1, 0.15) is 0 Å². The van der Waals surface area contributed by atoms with E-state index in [4.69, 9.17) is 9.97 Å². The minimum atomic E-state index is -3.45. The van der Waals surface area contributed by atoms with Crippen molar-refractivity contribution >= 4 is 88.2 Å². The Morgan fingerprint density at radius 1 is 0.386 bits per heavy atom. The first-order valence-corrected chi connectivity index (χ1v) is 16.5. The fourth-order valence-electron chi connectivity index (χ4n) is 6.76. The standard InChI is InChI=1S/C40H25N2OP/c43-44(30-14-2-1-3-15-30,37-24-28-22-26-12-4-10-20-35(26)41-39(28)33-18-8-6-16-31(33)37)38-25-29-23-27-13-5-11-21-36(27)42-40(29)34-19-9-7-17-32(34)38/h1-25H. The molecule has 2 aromatic heterocycles. The minimum absolute atomic E-state index is 0.802. The number of benzene rings is 7. The van der Waals surface area contributed by atoms with Gasteiger partial charge in [-0.05, 0) is 47.2 Å². The monoisotopic (exact) mass is 580 g/mol. The molecular formula is C40H25N2OP. The summed E-state index contributed by atoms with van der Waals surface area (Å²) in [5, 5.41) is 10.4. The van der Waals surface area contributed by atoms with Crippen LogP contribution in [0.4, 0.5) is 0 Å². The number of hydrogen-bond acceptors (Lipinski definition) is 3. The molecular weight excluding hydrogens is 555 g/mol. The van der Waals surface area contributed by atoms with Gasteiger partial charge in [-0.1, -0.05) is 115 Å². The van der Waals surface area contributed by atoms with Gasteiger partial charge in [-0.2, -0.15) is 0 Å². The second-order valence-electron chi connectivity index (χ2n) is 11.3. The van der Waals surface area contributed by atoms with Gasteiger partial charge in [-0.25, -0.2) is 9.97 Å². The van der Waals surface area contributed by atoms with Crippen LogP contribution in [0.5, 0.6) is 0 Å². The van der Waals surface area contributed by atoms with E-state index in [0.29, 0.717) is 0 Å². The van der Waals surface area contributed by atoms with E-state index in [9.17, 15) is 0 Å². The second kappa shape index (κ2) is 9.57. The number of pyridine rings is 2. The zero-order valence-electron chi connectivity index (χ0n) is 23.7. The molecule has 206 valence electrons. The van der Waals surface area contributed by atoms with E-state index in [0.717, 1.165) is 81.1 Å². The molecule has 0 spiro atoms. The molecule has 0 aliphatic carbocycles. The van der Waals surface area contributed by atoms with Gasteiger partial charge in [0.05, 0.1) is 22.1 Å². The van der Waals surface area contributed by atoms with Crippen LogP contribution in [0.15, 0.2) is 152 Å². The first-order chi connectivity index (χ1) is 21.7. The quantitative estimate of drug-likeness (QED) is 0.119. The number of rotatable bonds is 3. The number of para-hydroxylation sites is 2. The third-order valence-electron chi connectivity index (χ3n) is 8.81. The van der Waals surface area contributed by atoms with Crippen LogP contribution in [0.3, 0.4) is 0 Å². The van der Waals surface area contributed by atoms with Gasteiger partial charge < -0.3 is 4.57 Å². The maximum Gasteiger partial charge on any atom is 0.172 e. The zero-order valence-corrected chi connectivity index (χ0v) is 24.6. The number of hydrogen-bond donors (Lipinski definition) is 0. The highest BCUT2D eigenvalue weighted by atomic mass is 31.2. The Kier molecular flexibility index (Phi) is 5.47. The van der Waals surface area contributed by atoms with E-state index < -0.39 is 7.14 Å². The van der Waals surface area contributed by atoms with Crippen LogP contribution in [0.25, 0.3) is 65.2 Å². The molecule has 0 N–H and O–H groups in total. The van der Waals surface area contributed by atoms with Crippen LogP contribution in [-0.4, -0.2) is 9.97 Å². The highest BCUT2D eigenvalue weighted by Crippen LogP contribution is 2.48. The van der Waals surface area contributed by atoms with E-state index in [1.54, 1.807) is 0 Å². The highest BCUT2D eigenvalue weighted by Gasteiger charge is 2.34.